The number of aromatic amines is 1. The van der Waals surface area contributed by atoms with E-state index in [1.54, 1.807) is 6.07 Å². The number of halogens is 1. The highest BCUT2D eigenvalue weighted by Crippen LogP contribution is 2.40. The Morgan fingerprint density at radius 1 is 1.39 bits per heavy atom. The number of hydrogen-bond acceptors (Lipinski definition) is 5. The van der Waals surface area contributed by atoms with Crippen molar-refractivity contribution in [2.75, 3.05) is 0 Å². The standard InChI is InChI=1S/C22H20FN5O3/c1-2-9-28-19-18(21(30)27-22(28)31)14(10-16(25-19)12-7-8-12)20(29)26-17(11-24)13-5-3-4-6-15(13)23/h3-6,10,12,17H,2,7-9H2,1H3,(H,26,29)(H,27,30,31). The van der Waals surface area contributed by atoms with Crippen molar-refractivity contribution in [2.24, 2.45) is 0 Å². The third kappa shape index (κ3) is 3.84. The first-order valence-electron chi connectivity index (χ1n) is 10.1. The minimum Gasteiger partial charge on any atom is -0.332 e. The quantitative estimate of drug-likeness (QED) is 0.634. The second kappa shape index (κ2) is 8.14. The van der Waals surface area contributed by atoms with Crippen molar-refractivity contribution < 1.29 is 9.18 Å². The molecule has 1 saturated carbocycles. The van der Waals surface area contributed by atoms with Gasteiger partial charge >= 0.3 is 5.69 Å². The van der Waals surface area contributed by atoms with Crippen molar-refractivity contribution in [1.29, 1.82) is 5.26 Å². The number of aromatic nitrogens is 3. The zero-order valence-electron chi connectivity index (χ0n) is 16.8. The minimum absolute atomic E-state index is 0.00888. The molecule has 1 atom stereocenters. The Morgan fingerprint density at radius 3 is 2.77 bits per heavy atom. The van der Waals surface area contributed by atoms with Gasteiger partial charge in [0.25, 0.3) is 11.5 Å². The third-order valence-electron chi connectivity index (χ3n) is 5.28. The molecule has 1 unspecified atom stereocenters. The molecule has 1 aliphatic carbocycles. The maximum absolute atomic E-state index is 14.2. The summed E-state index contributed by atoms with van der Waals surface area (Å²) in [6.07, 6.45) is 2.43. The number of fused-ring (bicyclic) bond motifs is 1. The summed E-state index contributed by atoms with van der Waals surface area (Å²) in [4.78, 5) is 44.9. The summed E-state index contributed by atoms with van der Waals surface area (Å²) >= 11 is 0. The highest BCUT2D eigenvalue weighted by Gasteiger charge is 2.29. The van der Waals surface area contributed by atoms with Gasteiger partial charge in [0.2, 0.25) is 0 Å². The molecule has 1 aliphatic rings. The Morgan fingerprint density at radius 2 is 2.13 bits per heavy atom. The van der Waals surface area contributed by atoms with Gasteiger partial charge in [0, 0.05) is 23.7 Å². The summed E-state index contributed by atoms with van der Waals surface area (Å²) in [6.45, 7) is 2.21. The predicted octanol–water partition coefficient (Wildman–Crippen LogP) is 2.51. The molecule has 1 aromatic carbocycles. The smallest absolute Gasteiger partial charge is 0.329 e. The van der Waals surface area contributed by atoms with Gasteiger partial charge in [0.1, 0.15) is 11.9 Å². The Bertz CT molecular complexity index is 1330. The van der Waals surface area contributed by atoms with Crippen molar-refractivity contribution in [3.8, 4) is 6.07 Å². The number of amides is 1. The van der Waals surface area contributed by atoms with E-state index in [4.69, 9.17) is 0 Å². The minimum atomic E-state index is -1.25. The number of nitrogens with zero attached hydrogens (tertiary/aromatic N) is 3. The van der Waals surface area contributed by atoms with E-state index in [2.05, 4.69) is 15.3 Å². The predicted molar refractivity (Wildman–Crippen MR) is 111 cm³/mol. The Kier molecular flexibility index (Phi) is 5.38. The molecule has 8 nitrogen and oxygen atoms in total. The van der Waals surface area contributed by atoms with E-state index in [1.165, 1.54) is 28.8 Å². The van der Waals surface area contributed by atoms with E-state index in [0.29, 0.717) is 18.7 Å². The van der Waals surface area contributed by atoms with Crippen LogP contribution >= 0.6 is 0 Å². The SMILES string of the molecule is CCCn1c(=O)[nH]c(=O)c2c(C(=O)NC(C#N)c3ccccc3F)cc(C3CC3)nc21. The van der Waals surface area contributed by atoms with Gasteiger partial charge in [0.15, 0.2) is 5.65 Å². The second-order valence-electron chi connectivity index (χ2n) is 7.54. The molecule has 0 bridgehead atoms. The van der Waals surface area contributed by atoms with Crippen LogP contribution in [-0.2, 0) is 6.54 Å². The monoisotopic (exact) mass is 421 g/mol. The largest absolute Gasteiger partial charge is 0.332 e. The number of rotatable bonds is 6. The molecule has 9 heteroatoms. The van der Waals surface area contributed by atoms with E-state index >= 15 is 0 Å². The lowest BCUT2D eigenvalue weighted by molar-refractivity contribution is 0.0946. The van der Waals surface area contributed by atoms with Gasteiger partial charge < -0.3 is 5.32 Å². The van der Waals surface area contributed by atoms with E-state index in [1.807, 2.05) is 13.0 Å². The van der Waals surface area contributed by atoms with Gasteiger partial charge in [-0.2, -0.15) is 5.26 Å². The summed E-state index contributed by atoms with van der Waals surface area (Å²) in [5, 5.41) is 12.0. The van der Waals surface area contributed by atoms with Crippen molar-refractivity contribution in [3.63, 3.8) is 0 Å². The van der Waals surface area contributed by atoms with Crippen LogP contribution in [0.3, 0.4) is 0 Å². The van der Waals surface area contributed by atoms with Crippen LogP contribution < -0.4 is 16.6 Å². The average molecular weight is 421 g/mol. The van der Waals surface area contributed by atoms with Crippen LogP contribution in [0.25, 0.3) is 11.0 Å². The molecule has 31 heavy (non-hydrogen) atoms. The van der Waals surface area contributed by atoms with Crippen molar-refractivity contribution in [1.82, 2.24) is 19.9 Å². The molecule has 4 rings (SSSR count). The van der Waals surface area contributed by atoms with Crippen molar-refractivity contribution in [2.45, 2.75) is 44.7 Å². The number of H-pyrrole nitrogens is 1. The van der Waals surface area contributed by atoms with Gasteiger partial charge in [-0.15, -0.1) is 0 Å². The molecule has 158 valence electrons. The first-order chi connectivity index (χ1) is 14.9. The van der Waals surface area contributed by atoms with Gasteiger partial charge in [0.05, 0.1) is 17.0 Å². The maximum Gasteiger partial charge on any atom is 0.329 e. The van der Waals surface area contributed by atoms with Crippen LogP contribution in [-0.4, -0.2) is 20.4 Å². The number of carbonyl (C=O) groups is 1. The molecule has 1 amide bonds. The number of aryl methyl sites for hydroxylation is 1. The number of nitriles is 1. The van der Waals surface area contributed by atoms with E-state index in [-0.39, 0.29) is 28.1 Å². The Hall–Kier alpha value is -3.80. The fraction of sp³-hybridized carbons (Fsp3) is 0.318. The van der Waals surface area contributed by atoms with E-state index < -0.39 is 29.0 Å². The molecular weight excluding hydrogens is 401 g/mol. The van der Waals surface area contributed by atoms with Gasteiger partial charge in [-0.25, -0.2) is 14.2 Å². The fourth-order valence-electron chi connectivity index (χ4n) is 3.59. The summed E-state index contributed by atoms with van der Waals surface area (Å²) < 4.78 is 15.5. The molecule has 0 radical (unpaired) electrons. The number of carbonyl (C=O) groups excluding carboxylic acids is 1. The lowest BCUT2D eigenvalue weighted by atomic mass is 10.0. The van der Waals surface area contributed by atoms with Gasteiger partial charge in [-0.1, -0.05) is 25.1 Å². The zero-order valence-corrected chi connectivity index (χ0v) is 16.8. The molecule has 2 aromatic heterocycles. The van der Waals surface area contributed by atoms with Crippen LogP contribution in [0.15, 0.2) is 39.9 Å². The van der Waals surface area contributed by atoms with E-state index in [9.17, 15) is 24.0 Å². The molecular formula is C22H20FN5O3. The number of hydrogen-bond donors (Lipinski definition) is 2. The van der Waals surface area contributed by atoms with Crippen LogP contribution in [0.1, 0.15) is 59.8 Å². The van der Waals surface area contributed by atoms with Crippen LogP contribution in [0.4, 0.5) is 4.39 Å². The van der Waals surface area contributed by atoms with Crippen LogP contribution in [0.5, 0.6) is 0 Å². The summed E-state index contributed by atoms with van der Waals surface area (Å²) in [5.41, 5.74) is -0.527. The lowest BCUT2D eigenvalue weighted by Gasteiger charge is -2.15. The van der Waals surface area contributed by atoms with Gasteiger partial charge in [-0.3, -0.25) is 19.1 Å². The molecule has 0 spiro atoms. The molecule has 0 aliphatic heterocycles. The normalized spacial score (nSPS) is 14.2. The number of benzene rings is 1. The zero-order chi connectivity index (χ0) is 22.1. The second-order valence-corrected chi connectivity index (χ2v) is 7.54. The highest BCUT2D eigenvalue weighted by molar-refractivity contribution is 6.05. The van der Waals surface area contributed by atoms with Crippen molar-refractivity contribution in [3.05, 3.63) is 73.8 Å². The molecule has 3 aromatic rings. The number of pyridine rings is 1. The van der Waals surface area contributed by atoms with Crippen molar-refractivity contribution >= 4 is 16.9 Å². The third-order valence-corrected chi connectivity index (χ3v) is 5.28. The fourth-order valence-corrected chi connectivity index (χ4v) is 3.59. The van der Waals surface area contributed by atoms with Crippen LogP contribution in [0, 0.1) is 17.1 Å². The topological polar surface area (TPSA) is 121 Å². The molecule has 1 fully saturated rings. The van der Waals surface area contributed by atoms with Crippen LogP contribution in [0.2, 0.25) is 0 Å². The van der Waals surface area contributed by atoms with E-state index in [0.717, 1.165) is 12.8 Å². The first kappa shape index (κ1) is 20.5. The summed E-state index contributed by atoms with van der Waals surface area (Å²) in [6, 6.07) is 7.83. The first-order valence-corrected chi connectivity index (χ1v) is 10.1. The Balaban J connectivity index is 1.86. The van der Waals surface area contributed by atoms with Gasteiger partial charge in [-0.05, 0) is 31.4 Å². The summed E-state index contributed by atoms with van der Waals surface area (Å²) in [7, 11) is 0. The maximum atomic E-state index is 14.2. The highest BCUT2D eigenvalue weighted by atomic mass is 19.1. The average Bonchev–Trinajstić information content (AvgIpc) is 3.60. The lowest BCUT2D eigenvalue weighted by Crippen LogP contribution is -2.34. The number of nitrogens with one attached hydrogen (secondary N) is 2. The molecule has 2 heterocycles. The Labute approximate surface area is 176 Å². The summed E-state index contributed by atoms with van der Waals surface area (Å²) in [5.74, 6) is -1.18. The molecule has 2 N–H and O–H groups in total. The molecule has 0 saturated heterocycles.